The highest BCUT2D eigenvalue weighted by Crippen LogP contribution is 2.36. The number of nitrogens with zero attached hydrogens (tertiary/aromatic N) is 2. The lowest BCUT2D eigenvalue weighted by molar-refractivity contribution is -0.140. The van der Waals surface area contributed by atoms with Crippen molar-refractivity contribution in [1.82, 2.24) is 10.2 Å². The van der Waals surface area contributed by atoms with Crippen LogP contribution in [0.5, 0.6) is 11.5 Å². The lowest BCUT2D eigenvalue weighted by atomic mass is 10.0. The Bertz CT molecular complexity index is 1750. The number of amides is 2. The molecule has 2 atom stereocenters. The summed E-state index contributed by atoms with van der Waals surface area (Å²) in [5.74, 6) is -0.258. The van der Waals surface area contributed by atoms with Crippen molar-refractivity contribution in [3.8, 4) is 11.5 Å². The van der Waals surface area contributed by atoms with Crippen LogP contribution >= 0.6 is 0 Å². The van der Waals surface area contributed by atoms with E-state index in [9.17, 15) is 18.0 Å². The Labute approximate surface area is 278 Å². The highest BCUT2D eigenvalue weighted by atomic mass is 32.2. The van der Waals surface area contributed by atoms with E-state index in [1.807, 2.05) is 75.4 Å². The topological polar surface area (TPSA) is 105 Å². The molecule has 0 aromatic heterocycles. The molecule has 248 valence electrons. The minimum Gasteiger partial charge on any atom is -0.497 e. The van der Waals surface area contributed by atoms with Gasteiger partial charge in [-0.3, -0.25) is 13.9 Å². The van der Waals surface area contributed by atoms with Gasteiger partial charge in [0, 0.05) is 25.1 Å². The van der Waals surface area contributed by atoms with Gasteiger partial charge in [-0.2, -0.15) is 0 Å². The van der Waals surface area contributed by atoms with Gasteiger partial charge in [0.1, 0.15) is 24.1 Å². The summed E-state index contributed by atoms with van der Waals surface area (Å²) in [6, 6.07) is 28.7. The number of aryl methyl sites for hydroxylation is 1. The lowest BCUT2D eigenvalue weighted by Gasteiger charge is -2.35. The number of anilines is 1. The van der Waals surface area contributed by atoms with Crippen LogP contribution in [0.15, 0.2) is 108 Å². The fourth-order valence-corrected chi connectivity index (χ4v) is 6.63. The van der Waals surface area contributed by atoms with E-state index in [4.69, 9.17) is 9.47 Å². The molecule has 10 heteroatoms. The van der Waals surface area contributed by atoms with Crippen LogP contribution < -0.4 is 19.1 Å². The standard InChI is InChI=1S/C37H43N3O6S/c1-6-28(3)38-37(42)34(23-29-16-9-7-10-17-29)39(25-30-18-14-13-15-27(30)2)36(41)26-40(47(43,44)32-19-11-8-12-20-32)33-24-31(45-4)21-22-35(33)46-5/h7-22,24,28,34H,6,23,25-26H2,1-5H3,(H,38,42)/t28-,34-/m1/s1. The number of rotatable bonds is 15. The molecule has 0 unspecified atom stereocenters. The maximum atomic E-state index is 14.7. The molecule has 4 aromatic carbocycles. The van der Waals surface area contributed by atoms with Crippen LogP contribution in [0.2, 0.25) is 0 Å². The molecule has 0 aliphatic heterocycles. The van der Waals surface area contributed by atoms with E-state index in [1.54, 1.807) is 30.3 Å². The second-order valence-electron chi connectivity index (χ2n) is 11.3. The minimum absolute atomic E-state index is 0.00141. The van der Waals surface area contributed by atoms with Gasteiger partial charge in [-0.25, -0.2) is 8.42 Å². The number of nitrogens with one attached hydrogen (secondary N) is 1. The summed E-state index contributed by atoms with van der Waals surface area (Å²) in [4.78, 5) is 30.2. The van der Waals surface area contributed by atoms with Gasteiger partial charge in [0.15, 0.2) is 0 Å². The fourth-order valence-electron chi connectivity index (χ4n) is 5.19. The van der Waals surface area contributed by atoms with Gasteiger partial charge in [0.25, 0.3) is 10.0 Å². The van der Waals surface area contributed by atoms with Crippen LogP contribution in [0.25, 0.3) is 0 Å². The van der Waals surface area contributed by atoms with Crippen molar-refractivity contribution < 1.29 is 27.5 Å². The van der Waals surface area contributed by atoms with E-state index in [0.29, 0.717) is 12.2 Å². The summed E-state index contributed by atoms with van der Waals surface area (Å²) in [6.07, 6.45) is 0.933. The number of carbonyl (C=O) groups excluding carboxylic acids is 2. The first-order chi connectivity index (χ1) is 22.6. The average molecular weight is 658 g/mol. The molecule has 0 aliphatic rings. The fraction of sp³-hybridized carbons (Fsp3) is 0.297. The Morgan fingerprint density at radius 3 is 2.11 bits per heavy atom. The maximum absolute atomic E-state index is 14.7. The monoisotopic (exact) mass is 657 g/mol. The predicted molar refractivity (Wildman–Crippen MR) is 184 cm³/mol. The van der Waals surface area contributed by atoms with E-state index < -0.39 is 28.5 Å². The molecule has 0 saturated heterocycles. The van der Waals surface area contributed by atoms with Crippen molar-refractivity contribution in [2.75, 3.05) is 25.1 Å². The molecular formula is C37H43N3O6S. The molecule has 0 spiro atoms. The number of hydrogen-bond acceptors (Lipinski definition) is 6. The number of hydrogen-bond donors (Lipinski definition) is 1. The molecule has 9 nitrogen and oxygen atoms in total. The maximum Gasteiger partial charge on any atom is 0.264 e. The van der Waals surface area contributed by atoms with E-state index in [1.165, 1.54) is 37.3 Å². The van der Waals surface area contributed by atoms with Crippen LogP contribution in [0.3, 0.4) is 0 Å². The molecule has 0 radical (unpaired) electrons. The summed E-state index contributed by atoms with van der Waals surface area (Å²) >= 11 is 0. The summed E-state index contributed by atoms with van der Waals surface area (Å²) < 4.78 is 40.7. The minimum atomic E-state index is -4.30. The molecule has 0 bridgehead atoms. The lowest BCUT2D eigenvalue weighted by Crippen LogP contribution is -2.54. The van der Waals surface area contributed by atoms with Crippen LogP contribution in [0, 0.1) is 6.92 Å². The summed E-state index contributed by atoms with van der Waals surface area (Å²) in [7, 11) is -1.40. The van der Waals surface area contributed by atoms with E-state index in [2.05, 4.69) is 5.32 Å². The smallest absolute Gasteiger partial charge is 0.264 e. The third-order valence-electron chi connectivity index (χ3n) is 8.14. The van der Waals surface area contributed by atoms with Gasteiger partial charge in [0.05, 0.1) is 24.8 Å². The van der Waals surface area contributed by atoms with Gasteiger partial charge >= 0.3 is 0 Å². The number of benzene rings is 4. The van der Waals surface area contributed by atoms with Crippen molar-refractivity contribution in [2.24, 2.45) is 0 Å². The molecule has 0 saturated carbocycles. The number of methoxy groups -OCH3 is 2. The second kappa shape index (κ2) is 16.1. The Kier molecular flexibility index (Phi) is 12.0. The Hall–Kier alpha value is -4.83. The Morgan fingerprint density at radius 1 is 0.851 bits per heavy atom. The highest BCUT2D eigenvalue weighted by Gasteiger charge is 2.36. The zero-order valence-electron chi connectivity index (χ0n) is 27.6. The molecule has 0 aliphatic carbocycles. The molecule has 4 aromatic rings. The normalized spacial score (nSPS) is 12.4. The van der Waals surface area contributed by atoms with Gasteiger partial charge < -0.3 is 19.7 Å². The third-order valence-corrected chi connectivity index (χ3v) is 9.91. The van der Waals surface area contributed by atoms with Crippen LogP contribution in [0.1, 0.15) is 37.0 Å². The molecule has 0 fully saturated rings. The van der Waals surface area contributed by atoms with Crippen molar-refractivity contribution in [3.05, 3.63) is 120 Å². The highest BCUT2D eigenvalue weighted by molar-refractivity contribution is 7.92. The van der Waals surface area contributed by atoms with E-state index >= 15 is 0 Å². The van der Waals surface area contributed by atoms with Gasteiger partial charge in [-0.1, -0.05) is 79.7 Å². The van der Waals surface area contributed by atoms with Crippen molar-refractivity contribution >= 4 is 27.5 Å². The van der Waals surface area contributed by atoms with Crippen molar-refractivity contribution in [3.63, 3.8) is 0 Å². The van der Waals surface area contributed by atoms with Crippen LogP contribution in [-0.2, 0) is 32.6 Å². The SMILES string of the molecule is CC[C@@H](C)NC(=O)[C@@H](Cc1ccccc1)N(Cc1ccccc1C)C(=O)CN(c1cc(OC)ccc1OC)S(=O)(=O)c1ccccc1. The third kappa shape index (κ3) is 8.71. The quantitative estimate of drug-likeness (QED) is 0.174. The van der Waals surface area contributed by atoms with E-state index in [-0.39, 0.29) is 41.2 Å². The van der Waals surface area contributed by atoms with Gasteiger partial charge in [-0.05, 0) is 61.2 Å². The largest absolute Gasteiger partial charge is 0.497 e. The first-order valence-electron chi connectivity index (χ1n) is 15.6. The van der Waals surface area contributed by atoms with Crippen LogP contribution in [0.4, 0.5) is 5.69 Å². The van der Waals surface area contributed by atoms with Crippen LogP contribution in [-0.4, -0.2) is 58.0 Å². The predicted octanol–water partition coefficient (Wildman–Crippen LogP) is 5.76. The average Bonchev–Trinajstić information content (AvgIpc) is 3.09. The Balaban J connectivity index is 1.87. The number of ether oxygens (including phenoxy) is 2. The summed E-state index contributed by atoms with van der Waals surface area (Å²) in [5.41, 5.74) is 2.77. The van der Waals surface area contributed by atoms with Gasteiger partial charge in [0.2, 0.25) is 11.8 Å². The van der Waals surface area contributed by atoms with Crippen molar-refractivity contribution in [1.29, 1.82) is 0 Å². The zero-order chi connectivity index (χ0) is 34.0. The second-order valence-corrected chi connectivity index (χ2v) is 13.2. The van der Waals surface area contributed by atoms with E-state index in [0.717, 1.165) is 21.0 Å². The van der Waals surface area contributed by atoms with Gasteiger partial charge in [-0.15, -0.1) is 0 Å². The summed E-state index contributed by atoms with van der Waals surface area (Å²) in [6.45, 7) is 5.31. The first-order valence-corrected chi connectivity index (χ1v) is 17.0. The molecular weight excluding hydrogens is 614 g/mol. The molecule has 2 amide bonds. The molecule has 4 rings (SSSR count). The number of sulfonamides is 1. The molecule has 0 heterocycles. The summed E-state index contributed by atoms with van der Waals surface area (Å²) in [5, 5.41) is 3.06. The first kappa shape index (κ1) is 35.0. The molecule has 1 N–H and O–H groups in total. The molecule has 47 heavy (non-hydrogen) atoms. The van der Waals surface area contributed by atoms with Crippen molar-refractivity contribution in [2.45, 2.75) is 57.1 Å². The Morgan fingerprint density at radius 2 is 1.49 bits per heavy atom. The number of carbonyl (C=O) groups is 2. The zero-order valence-corrected chi connectivity index (χ0v) is 28.4.